The van der Waals surface area contributed by atoms with Crippen molar-refractivity contribution >= 4 is 64.5 Å². The average molecular weight is 527 g/mol. The number of nitrogens with zero attached hydrogens (tertiary/aromatic N) is 3. The monoisotopic (exact) mass is 525 g/mol. The normalized spacial score (nSPS) is 24.8. The van der Waals surface area contributed by atoms with Crippen LogP contribution in [0.15, 0.2) is 22.1 Å². The molecular weight excluding hydrogens is 509 g/mol. The fourth-order valence-corrected chi connectivity index (χ4v) is 4.82. The summed E-state index contributed by atoms with van der Waals surface area (Å²) >= 11 is 19.2. The van der Waals surface area contributed by atoms with Crippen LogP contribution in [0.4, 0.5) is 0 Å². The molecule has 0 radical (unpaired) electrons. The summed E-state index contributed by atoms with van der Waals surface area (Å²) in [5, 5.41) is 4.22. The number of esters is 3. The van der Waals surface area contributed by atoms with Gasteiger partial charge in [0.25, 0.3) is 0 Å². The van der Waals surface area contributed by atoms with Crippen molar-refractivity contribution in [2.24, 2.45) is 5.11 Å². The van der Waals surface area contributed by atoms with Crippen LogP contribution in [0.5, 0.6) is 0 Å². The van der Waals surface area contributed by atoms with Gasteiger partial charge in [-0.15, -0.1) is 0 Å². The van der Waals surface area contributed by atoms with E-state index in [0.29, 0.717) is 4.90 Å². The molecule has 1 aromatic carbocycles. The Kier molecular flexibility index (Phi) is 9.75. The number of azide groups is 1. The molecule has 1 heterocycles. The molecule has 1 saturated heterocycles. The maximum absolute atomic E-state index is 11.8. The number of benzene rings is 1. The molecule has 5 atom stereocenters. The molecule has 1 aliphatic rings. The molecule has 174 valence electrons. The summed E-state index contributed by atoms with van der Waals surface area (Å²) in [7, 11) is 0. The first-order valence-corrected chi connectivity index (χ1v) is 11.0. The average Bonchev–Trinajstić information content (AvgIpc) is 2.68. The number of halogens is 3. The second kappa shape index (κ2) is 11.8. The van der Waals surface area contributed by atoms with Crippen LogP contribution in [-0.4, -0.2) is 54.3 Å². The van der Waals surface area contributed by atoms with Gasteiger partial charge in [-0.05, 0) is 17.7 Å². The van der Waals surface area contributed by atoms with Crippen LogP contribution in [0.25, 0.3) is 10.4 Å². The van der Waals surface area contributed by atoms with E-state index in [1.54, 1.807) is 0 Å². The standard InChI is InChI=1S/C18H18Cl3N3O7S/c1-7(25)28-6-13-16(29-8(2)26)15(23-24-22)17(30-9(3)27)18(31-13)32-10-4-11(19)14(21)12(20)5-10/h4-5,13,15-18H,6H2,1-3H3/t13?,15-,16-,17?,18+/m0/s1. The minimum Gasteiger partial charge on any atom is -0.463 e. The fraction of sp³-hybridized carbons (Fsp3) is 0.500. The molecule has 1 aromatic rings. The molecular formula is C18H18Cl3N3O7S. The van der Waals surface area contributed by atoms with E-state index in [-0.39, 0.29) is 21.7 Å². The van der Waals surface area contributed by atoms with Crippen molar-refractivity contribution < 1.29 is 33.3 Å². The number of thioether (sulfide) groups is 1. The summed E-state index contributed by atoms with van der Waals surface area (Å²) in [4.78, 5) is 38.1. The van der Waals surface area contributed by atoms with Crippen LogP contribution in [0, 0.1) is 0 Å². The van der Waals surface area contributed by atoms with Crippen molar-refractivity contribution in [3.8, 4) is 0 Å². The summed E-state index contributed by atoms with van der Waals surface area (Å²) < 4.78 is 21.7. The highest BCUT2D eigenvalue weighted by Crippen LogP contribution is 2.41. The van der Waals surface area contributed by atoms with Gasteiger partial charge in [0.15, 0.2) is 0 Å². The Bertz CT molecular complexity index is 921. The smallest absolute Gasteiger partial charge is 0.303 e. The topological polar surface area (TPSA) is 137 Å². The quantitative estimate of drug-likeness (QED) is 0.126. The van der Waals surface area contributed by atoms with E-state index >= 15 is 0 Å². The van der Waals surface area contributed by atoms with Crippen LogP contribution in [0.3, 0.4) is 0 Å². The Hall–Kier alpha value is -1.88. The number of ether oxygens (including phenoxy) is 4. The summed E-state index contributed by atoms with van der Waals surface area (Å²) in [6.07, 6.45) is -3.39. The Labute approximate surface area is 202 Å². The fourth-order valence-electron chi connectivity index (χ4n) is 2.90. The van der Waals surface area contributed by atoms with E-state index in [0.717, 1.165) is 25.6 Å². The SMILES string of the molecule is CC(=O)OCC1O[C@H](Sc2cc(Cl)c(Cl)c(Cl)c2)C(OC(C)=O)[C@@H](N=[N+]=[N-])[C@H]1OC(C)=O. The van der Waals surface area contributed by atoms with Crippen molar-refractivity contribution in [3.05, 3.63) is 37.6 Å². The molecule has 0 spiro atoms. The maximum Gasteiger partial charge on any atom is 0.303 e. The molecule has 32 heavy (non-hydrogen) atoms. The largest absolute Gasteiger partial charge is 0.463 e. The number of hydrogen-bond donors (Lipinski definition) is 0. The number of carbonyl (C=O) groups is 3. The number of carbonyl (C=O) groups excluding carboxylic acids is 3. The summed E-state index contributed by atoms with van der Waals surface area (Å²) in [5.41, 5.74) is 8.12. The molecule has 0 saturated carbocycles. The predicted molar refractivity (Wildman–Crippen MR) is 117 cm³/mol. The predicted octanol–water partition coefficient (Wildman–Crippen LogP) is 4.57. The van der Waals surface area contributed by atoms with Crippen LogP contribution in [0.1, 0.15) is 20.8 Å². The second-order valence-corrected chi connectivity index (χ2v) is 8.87. The van der Waals surface area contributed by atoms with E-state index in [1.807, 2.05) is 0 Å². The molecule has 0 bridgehead atoms. The molecule has 2 unspecified atom stereocenters. The minimum atomic E-state index is -1.19. The molecule has 1 fully saturated rings. The zero-order chi connectivity index (χ0) is 24.0. The Balaban J connectivity index is 2.48. The Morgan fingerprint density at radius 3 is 2.12 bits per heavy atom. The van der Waals surface area contributed by atoms with Crippen LogP contribution >= 0.6 is 46.6 Å². The first-order chi connectivity index (χ1) is 15.0. The molecule has 0 aliphatic carbocycles. The molecule has 1 aliphatic heterocycles. The van der Waals surface area contributed by atoms with Crippen molar-refractivity contribution in [1.29, 1.82) is 0 Å². The lowest BCUT2D eigenvalue weighted by molar-refractivity contribution is -0.201. The van der Waals surface area contributed by atoms with Crippen molar-refractivity contribution in [1.82, 2.24) is 0 Å². The van der Waals surface area contributed by atoms with E-state index in [1.165, 1.54) is 19.1 Å². The van der Waals surface area contributed by atoms with Gasteiger partial charge in [-0.1, -0.05) is 51.7 Å². The first-order valence-electron chi connectivity index (χ1n) is 9.02. The lowest BCUT2D eigenvalue weighted by Gasteiger charge is -2.43. The molecule has 2 rings (SSSR count). The summed E-state index contributed by atoms with van der Waals surface area (Å²) in [5.74, 6) is -1.99. The Morgan fingerprint density at radius 1 is 1.06 bits per heavy atom. The molecule has 0 aromatic heterocycles. The maximum atomic E-state index is 11.8. The van der Waals surface area contributed by atoms with E-state index < -0.39 is 47.7 Å². The zero-order valence-electron chi connectivity index (χ0n) is 17.0. The van der Waals surface area contributed by atoms with Gasteiger partial charge in [0, 0.05) is 30.6 Å². The zero-order valence-corrected chi connectivity index (χ0v) is 20.1. The third-order valence-corrected chi connectivity index (χ3v) is 6.38. The van der Waals surface area contributed by atoms with E-state index in [9.17, 15) is 14.4 Å². The first kappa shape index (κ1) is 26.4. The third-order valence-electron chi connectivity index (χ3n) is 4.07. The van der Waals surface area contributed by atoms with Gasteiger partial charge in [0.05, 0.1) is 15.1 Å². The number of rotatable bonds is 7. The van der Waals surface area contributed by atoms with Gasteiger partial charge >= 0.3 is 17.9 Å². The van der Waals surface area contributed by atoms with Gasteiger partial charge < -0.3 is 18.9 Å². The van der Waals surface area contributed by atoms with Gasteiger partial charge in [0.2, 0.25) is 0 Å². The lowest BCUT2D eigenvalue weighted by atomic mass is 9.97. The number of hydrogen-bond acceptors (Lipinski definition) is 9. The Morgan fingerprint density at radius 2 is 1.62 bits per heavy atom. The third kappa shape index (κ3) is 7.06. The van der Waals surface area contributed by atoms with E-state index in [4.69, 9.17) is 59.3 Å². The van der Waals surface area contributed by atoms with Gasteiger partial charge in [-0.25, -0.2) is 0 Å². The van der Waals surface area contributed by atoms with Crippen molar-refractivity contribution in [2.75, 3.05) is 6.61 Å². The summed E-state index contributed by atoms with van der Waals surface area (Å²) in [6, 6.07) is 1.87. The van der Waals surface area contributed by atoms with Crippen LogP contribution < -0.4 is 0 Å². The molecule has 10 nitrogen and oxygen atoms in total. The lowest BCUT2D eigenvalue weighted by Crippen LogP contribution is -2.59. The second-order valence-electron chi connectivity index (χ2n) is 6.51. The molecule has 0 N–H and O–H groups in total. The van der Waals surface area contributed by atoms with E-state index in [2.05, 4.69) is 10.0 Å². The highest BCUT2D eigenvalue weighted by Gasteiger charge is 2.50. The highest BCUT2D eigenvalue weighted by atomic mass is 35.5. The molecule has 0 amide bonds. The van der Waals surface area contributed by atoms with Gasteiger partial charge in [-0.3, -0.25) is 14.4 Å². The summed E-state index contributed by atoms with van der Waals surface area (Å²) in [6.45, 7) is 3.20. The van der Waals surface area contributed by atoms with Crippen molar-refractivity contribution in [2.45, 2.75) is 55.5 Å². The van der Waals surface area contributed by atoms with Crippen LogP contribution in [-0.2, 0) is 33.3 Å². The molecule has 14 heteroatoms. The highest BCUT2D eigenvalue weighted by molar-refractivity contribution is 7.99. The van der Waals surface area contributed by atoms with Gasteiger partial charge in [0.1, 0.15) is 36.4 Å². The van der Waals surface area contributed by atoms with Gasteiger partial charge in [-0.2, -0.15) is 0 Å². The van der Waals surface area contributed by atoms with Crippen LogP contribution in [0.2, 0.25) is 15.1 Å². The van der Waals surface area contributed by atoms with Crippen molar-refractivity contribution in [3.63, 3.8) is 0 Å². The minimum absolute atomic E-state index is 0.161.